The number of fused-ring (bicyclic) bond motifs is 1. The van der Waals surface area contributed by atoms with E-state index in [0.717, 1.165) is 30.8 Å². The van der Waals surface area contributed by atoms with E-state index in [4.69, 9.17) is 5.73 Å². The van der Waals surface area contributed by atoms with Gasteiger partial charge in [-0.2, -0.15) is 0 Å². The predicted octanol–water partition coefficient (Wildman–Crippen LogP) is 1.63. The van der Waals surface area contributed by atoms with Gasteiger partial charge in [0.05, 0.1) is 0 Å². The van der Waals surface area contributed by atoms with Crippen LogP contribution in [0.1, 0.15) is 11.1 Å². The molecule has 1 aromatic carbocycles. The zero-order valence-electron chi connectivity index (χ0n) is 9.89. The molecule has 2 heteroatoms. The third kappa shape index (κ3) is 1.66. The van der Waals surface area contributed by atoms with Crippen LogP contribution in [0.15, 0.2) is 24.3 Å². The van der Waals surface area contributed by atoms with Crippen molar-refractivity contribution in [3.8, 4) is 0 Å². The first kappa shape index (κ1) is 10.3. The Labute approximate surface area is 97.4 Å². The molecule has 2 fully saturated rings. The summed E-state index contributed by atoms with van der Waals surface area (Å²) in [7, 11) is 0. The number of nitrogens with zero attached hydrogens (tertiary/aromatic N) is 1. The monoisotopic (exact) mass is 216 g/mol. The molecule has 0 bridgehead atoms. The first-order valence-electron chi connectivity index (χ1n) is 6.26. The highest BCUT2D eigenvalue weighted by Gasteiger charge is 2.54. The van der Waals surface area contributed by atoms with E-state index in [2.05, 4.69) is 36.1 Å². The van der Waals surface area contributed by atoms with E-state index in [-0.39, 0.29) is 0 Å². The molecule has 1 aliphatic heterocycles. The lowest BCUT2D eigenvalue weighted by Crippen LogP contribution is -2.26. The van der Waals surface area contributed by atoms with Gasteiger partial charge in [0.1, 0.15) is 0 Å². The number of benzene rings is 1. The Morgan fingerprint density at radius 3 is 2.56 bits per heavy atom. The fraction of sp³-hybridized carbons (Fsp3) is 0.571. The average Bonchev–Trinajstić information content (AvgIpc) is 2.76. The van der Waals surface area contributed by atoms with Gasteiger partial charge in [0, 0.05) is 19.6 Å². The number of hydrogen-bond acceptors (Lipinski definition) is 2. The van der Waals surface area contributed by atoms with Crippen molar-refractivity contribution < 1.29 is 0 Å². The molecule has 16 heavy (non-hydrogen) atoms. The van der Waals surface area contributed by atoms with Crippen molar-refractivity contribution in [2.24, 2.45) is 23.5 Å². The Morgan fingerprint density at radius 1 is 1.25 bits per heavy atom. The quantitative estimate of drug-likeness (QED) is 0.832. The zero-order chi connectivity index (χ0) is 11.1. The van der Waals surface area contributed by atoms with Crippen molar-refractivity contribution >= 4 is 0 Å². The summed E-state index contributed by atoms with van der Waals surface area (Å²) >= 11 is 0. The zero-order valence-corrected chi connectivity index (χ0v) is 9.89. The molecule has 1 aromatic rings. The van der Waals surface area contributed by atoms with Crippen molar-refractivity contribution in [1.29, 1.82) is 0 Å². The molecule has 1 heterocycles. The minimum Gasteiger partial charge on any atom is -0.330 e. The van der Waals surface area contributed by atoms with Crippen molar-refractivity contribution in [3.05, 3.63) is 35.4 Å². The van der Waals surface area contributed by atoms with Gasteiger partial charge in [0.2, 0.25) is 0 Å². The Balaban J connectivity index is 1.60. The van der Waals surface area contributed by atoms with Gasteiger partial charge in [-0.05, 0) is 42.3 Å². The number of aryl methyl sites for hydroxylation is 1. The lowest BCUT2D eigenvalue weighted by atomic mass is 10.1. The number of likely N-dealkylation sites (tertiary alicyclic amines) is 1. The molecular weight excluding hydrogens is 196 g/mol. The second-order valence-corrected chi connectivity index (χ2v) is 5.35. The topological polar surface area (TPSA) is 29.3 Å². The van der Waals surface area contributed by atoms with E-state index >= 15 is 0 Å². The Bertz CT molecular complexity index is 376. The van der Waals surface area contributed by atoms with Gasteiger partial charge >= 0.3 is 0 Å². The van der Waals surface area contributed by atoms with Gasteiger partial charge in [-0.25, -0.2) is 0 Å². The number of rotatable bonds is 3. The second kappa shape index (κ2) is 3.86. The molecule has 0 amide bonds. The van der Waals surface area contributed by atoms with E-state index in [1.54, 1.807) is 0 Å². The van der Waals surface area contributed by atoms with E-state index in [1.807, 2.05) is 0 Å². The molecule has 0 aromatic heterocycles. The highest BCUT2D eigenvalue weighted by atomic mass is 15.2. The molecular formula is C14H20N2. The molecule has 0 radical (unpaired) electrons. The van der Waals surface area contributed by atoms with Crippen molar-refractivity contribution in [3.63, 3.8) is 0 Å². The maximum Gasteiger partial charge on any atom is 0.0236 e. The maximum absolute atomic E-state index is 5.73. The number of piperidine rings is 1. The summed E-state index contributed by atoms with van der Waals surface area (Å²) in [5, 5.41) is 0. The second-order valence-electron chi connectivity index (χ2n) is 5.35. The van der Waals surface area contributed by atoms with Crippen molar-refractivity contribution in [1.82, 2.24) is 4.90 Å². The summed E-state index contributed by atoms with van der Waals surface area (Å²) < 4.78 is 0. The smallest absolute Gasteiger partial charge is 0.0236 e. The first-order chi connectivity index (χ1) is 7.79. The molecule has 1 saturated heterocycles. The fourth-order valence-corrected chi connectivity index (χ4v) is 3.24. The van der Waals surface area contributed by atoms with Gasteiger partial charge in [0.25, 0.3) is 0 Å². The lowest BCUT2D eigenvalue weighted by molar-refractivity contribution is 0.278. The molecule has 2 N–H and O–H groups in total. The van der Waals surface area contributed by atoms with Crippen LogP contribution in [-0.4, -0.2) is 24.5 Å². The number of nitrogens with two attached hydrogens (primary N) is 1. The Morgan fingerprint density at radius 2 is 1.94 bits per heavy atom. The van der Waals surface area contributed by atoms with Crippen LogP contribution in [0.4, 0.5) is 0 Å². The normalized spacial score (nSPS) is 32.8. The highest BCUT2D eigenvalue weighted by molar-refractivity contribution is 5.25. The van der Waals surface area contributed by atoms with Gasteiger partial charge in [-0.3, -0.25) is 4.90 Å². The summed E-state index contributed by atoms with van der Waals surface area (Å²) in [6, 6.07) is 8.71. The van der Waals surface area contributed by atoms with E-state index < -0.39 is 0 Å². The van der Waals surface area contributed by atoms with Crippen molar-refractivity contribution in [2.75, 3.05) is 19.6 Å². The van der Waals surface area contributed by atoms with Gasteiger partial charge in [0.15, 0.2) is 0 Å². The fourth-order valence-electron chi connectivity index (χ4n) is 3.24. The minimum atomic E-state index is 0.841. The van der Waals surface area contributed by atoms with E-state index in [9.17, 15) is 0 Å². The SMILES string of the molecule is Cc1ccccc1CN1CC2C(CN)C2C1. The Hall–Kier alpha value is -0.860. The van der Waals surface area contributed by atoms with Crippen LogP contribution in [0.5, 0.6) is 0 Å². The van der Waals surface area contributed by atoms with Gasteiger partial charge in [-0.1, -0.05) is 24.3 Å². The molecule has 3 rings (SSSR count). The molecule has 1 aliphatic carbocycles. The van der Waals surface area contributed by atoms with Crippen LogP contribution in [0, 0.1) is 24.7 Å². The molecule has 2 unspecified atom stereocenters. The summed E-state index contributed by atoms with van der Waals surface area (Å²) in [5.74, 6) is 2.66. The van der Waals surface area contributed by atoms with E-state index in [0.29, 0.717) is 0 Å². The van der Waals surface area contributed by atoms with Crippen LogP contribution in [-0.2, 0) is 6.54 Å². The van der Waals surface area contributed by atoms with Crippen LogP contribution < -0.4 is 5.73 Å². The third-order valence-corrected chi connectivity index (χ3v) is 4.37. The molecule has 2 nitrogen and oxygen atoms in total. The summed E-state index contributed by atoms with van der Waals surface area (Å²) in [6.45, 7) is 6.75. The van der Waals surface area contributed by atoms with E-state index in [1.165, 1.54) is 24.2 Å². The first-order valence-corrected chi connectivity index (χ1v) is 6.26. The summed E-state index contributed by atoms with van der Waals surface area (Å²) in [6.07, 6.45) is 0. The van der Waals surface area contributed by atoms with Gasteiger partial charge in [-0.15, -0.1) is 0 Å². The summed E-state index contributed by atoms with van der Waals surface area (Å²) in [4.78, 5) is 2.59. The molecule has 2 atom stereocenters. The maximum atomic E-state index is 5.73. The van der Waals surface area contributed by atoms with Crippen LogP contribution in [0.3, 0.4) is 0 Å². The molecule has 1 saturated carbocycles. The largest absolute Gasteiger partial charge is 0.330 e. The van der Waals surface area contributed by atoms with Crippen LogP contribution in [0.25, 0.3) is 0 Å². The molecule has 86 valence electrons. The third-order valence-electron chi connectivity index (χ3n) is 4.37. The van der Waals surface area contributed by atoms with Crippen LogP contribution >= 0.6 is 0 Å². The molecule has 0 spiro atoms. The van der Waals surface area contributed by atoms with Crippen molar-refractivity contribution in [2.45, 2.75) is 13.5 Å². The number of hydrogen-bond donors (Lipinski definition) is 1. The lowest BCUT2D eigenvalue weighted by Gasteiger charge is -2.20. The standard InChI is InChI=1S/C14H20N2/c1-10-4-2-3-5-11(10)7-16-8-13-12(6-15)14(13)9-16/h2-5,12-14H,6-9,15H2,1H3. The summed E-state index contributed by atoms with van der Waals surface area (Å²) in [5.41, 5.74) is 8.62. The molecule has 2 aliphatic rings. The van der Waals surface area contributed by atoms with Gasteiger partial charge < -0.3 is 5.73 Å². The van der Waals surface area contributed by atoms with Crippen LogP contribution in [0.2, 0.25) is 0 Å². The highest BCUT2D eigenvalue weighted by Crippen LogP contribution is 2.51. The minimum absolute atomic E-state index is 0.841. The predicted molar refractivity (Wildman–Crippen MR) is 66.0 cm³/mol. The average molecular weight is 216 g/mol. The Kier molecular flexibility index (Phi) is 2.49.